The predicted molar refractivity (Wildman–Crippen MR) is 112 cm³/mol. The van der Waals surface area contributed by atoms with Gasteiger partial charge in [0.2, 0.25) is 0 Å². The maximum atomic E-state index is 12.4. The standard InChI is InChI=1S/C20H22ClN3O2S/c1-13-11-14(7-8-15(13)21)26-12-19(25)22-18(9-10-27-2)20-23-16-5-3-4-6-17(16)24-20/h3-8,11,18H,9-10,12H2,1-2H3,(H,22,25)(H,23,24). The number of benzene rings is 2. The number of carbonyl (C=O) groups is 1. The Labute approximate surface area is 167 Å². The van der Waals surface area contributed by atoms with Gasteiger partial charge in [0.15, 0.2) is 6.61 Å². The van der Waals surface area contributed by atoms with Crippen molar-refractivity contribution in [2.45, 2.75) is 19.4 Å². The summed E-state index contributed by atoms with van der Waals surface area (Å²) in [6.45, 7) is 1.84. The van der Waals surface area contributed by atoms with Crippen LogP contribution in [-0.4, -0.2) is 34.5 Å². The first kappa shape index (κ1) is 19.6. The van der Waals surface area contributed by atoms with Crippen LogP contribution in [0.2, 0.25) is 5.02 Å². The highest BCUT2D eigenvalue weighted by atomic mass is 35.5. The van der Waals surface area contributed by atoms with E-state index in [4.69, 9.17) is 16.3 Å². The van der Waals surface area contributed by atoms with Gasteiger partial charge in [-0.05, 0) is 61.2 Å². The van der Waals surface area contributed by atoms with E-state index < -0.39 is 0 Å². The minimum atomic E-state index is -0.187. The Morgan fingerprint density at radius 2 is 2.15 bits per heavy atom. The first-order valence-corrected chi connectivity index (χ1v) is 10.5. The summed E-state index contributed by atoms with van der Waals surface area (Å²) in [6, 6.07) is 13.0. The molecule has 0 fully saturated rings. The second-order valence-electron chi connectivity index (χ2n) is 6.24. The van der Waals surface area contributed by atoms with E-state index in [1.807, 2.05) is 43.5 Å². The Bertz CT molecular complexity index is 895. The van der Waals surface area contributed by atoms with Crippen LogP contribution in [0, 0.1) is 6.92 Å². The molecule has 3 rings (SSSR count). The molecule has 1 amide bonds. The first-order chi connectivity index (χ1) is 13.1. The fourth-order valence-electron chi connectivity index (χ4n) is 2.74. The largest absolute Gasteiger partial charge is 0.484 e. The molecule has 2 aromatic carbocycles. The molecule has 27 heavy (non-hydrogen) atoms. The molecule has 7 heteroatoms. The number of imidazole rings is 1. The van der Waals surface area contributed by atoms with Gasteiger partial charge in [0.05, 0.1) is 17.1 Å². The zero-order valence-electron chi connectivity index (χ0n) is 15.3. The first-order valence-electron chi connectivity index (χ1n) is 8.68. The second kappa shape index (κ2) is 9.15. The van der Waals surface area contributed by atoms with Crippen LogP contribution in [0.1, 0.15) is 23.9 Å². The van der Waals surface area contributed by atoms with Gasteiger partial charge in [-0.25, -0.2) is 4.98 Å². The highest BCUT2D eigenvalue weighted by molar-refractivity contribution is 7.98. The summed E-state index contributed by atoms with van der Waals surface area (Å²) in [5.41, 5.74) is 2.77. The molecule has 1 aromatic heterocycles. The number of hydrogen-bond acceptors (Lipinski definition) is 4. The minimum absolute atomic E-state index is 0.0585. The number of carbonyl (C=O) groups excluding carboxylic acids is 1. The van der Waals surface area contributed by atoms with Crippen molar-refractivity contribution in [2.75, 3.05) is 18.6 Å². The second-order valence-corrected chi connectivity index (χ2v) is 7.63. The van der Waals surface area contributed by atoms with Gasteiger partial charge in [0.1, 0.15) is 11.6 Å². The predicted octanol–water partition coefficient (Wildman–Crippen LogP) is 4.51. The van der Waals surface area contributed by atoms with Crippen LogP contribution in [0.3, 0.4) is 0 Å². The number of rotatable bonds is 8. The Morgan fingerprint density at radius 3 is 2.89 bits per heavy atom. The van der Waals surface area contributed by atoms with E-state index in [1.54, 1.807) is 23.9 Å². The van der Waals surface area contributed by atoms with Crippen LogP contribution in [-0.2, 0) is 4.79 Å². The number of H-pyrrole nitrogens is 1. The molecule has 0 aliphatic rings. The molecule has 142 valence electrons. The maximum absolute atomic E-state index is 12.4. The summed E-state index contributed by atoms with van der Waals surface area (Å²) in [4.78, 5) is 20.4. The summed E-state index contributed by atoms with van der Waals surface area (Å²) in [7, 11) is 0. The number of nitrogens with one attached hydrogen (secondary N) is 2. The number of hydrogen-bond donors (Lipinski definition) is 2. The van der Waals surface area contributed by atoms with E-state index in [1.165, 1.54) is 0 Å². The summed E-state index contributed by atoms with van der Waals surface area (Å²) in [6.07, 6.45) is 2.83. The van der Waals surface area contributed by atoms with Gasteiger partial charge < -0.3 is 15.0 Å². The summed E-state index contributed by atoms with van der Waals surface area (Å²) < 4.78 is 5.60. The van der Waals surface area contributed by atoms with E-state index in [2.05, 4.69) is 15.3 Å². The number of aromatic amines is 1. The topological polar surface area (TPSA) is 67.0 Å². The molecule has 0 spiro atoms. The average molecular weight is 404 g/mol. The number of halogens is 1. The van der Waals surface area contributed by atoms with Gasteiger partial charge in [0.25, 0.3) is 5.91 Å². The SMILES string of the molecule is CSCCC(NC(=O)COc1ccc(Cl)c(C)c1)c1nc2ccccc2[nH]1. The Balaban J connectivity index is 1.66. The smallest absolute Gasteiger partial charge is 0.258 e. The van der Waals surface area contributed by atoms with Gasteiger partial charge in [-0.3, -0.25) is 4.79 Å². The monoisotopic (exact) mass is 403 g/mol. The quantitative estimate of drug-likeness (QED) is 0.580. The van der Waals surface area contributed by atoms with E-state index in [0.29, 0.717) is 10.8 Å². The third kappa shape index (κ3) is 5.17. The molecule has 0 saturated carbocycles. The van der Waals surface area contributed by atoms with Crippen LogP contribution in [0.25, 0.3) is 11.0 Å². The van der Waals surface area contributed by atoms with Crippen molar-refractivity contribution in [1.82, 2.24) is 15.3 Å². The molecule has 1 atom stereocenters. The fraction of sp³-hybridized carbons (Fsp3) is 0.300. The third-order valence-corrected chi connectivity index (χ3v) is 5.25. The fourth-order valence-corrected chi connectivity index (χ4v) is 3.33. The summed E-state index contributed by atoms with van der Waals surface area (Å²) >= 11 is 7.75. The zero-order chi connectivity index (χ0) is 19.2. The summed E-state index contributed by atoms with van der Waals surface area (Å²) in [5, 5.41) is 3.70. The number of ether oxygens (including phenoxy) is 1. The number of thioether (sulfide) groups is 1. The van der Waals surface area contributed by atoms with E-state index in [0.717, 1.165) is 34.6 Å². The lowest BCUT2D eigenvalue weighted by Gasteiger charge is -2.16. The molecule has 0 aliphatic heterocycles. The Hall–Kier alpha value is -2.18. The number of aromatic nitrogens is 2. The van der Waals surface area contributed by atoms with E-state index in [9.17, 15) is 4.79 Å². The summed E-state index contributed by atoms with van der Waals surface area (Å²) in [5.74, 6) is 2.12. The molecular formula is C20H22ClN3O2S. The number of nitrogens with zero attached hydrogens (tertiary/aromatic N) is 1. The minimum Gasteiger partial charge on any atom is -0.484 e. The van der Waals surface area contributed by atoms with Crippen molar-refractivity contribution in [3.05, 3.63) is 58.9 Å². The lowest BCUT2D eigenvalue weighted by Crippen LogP contribution is -2.33. The molecule has 0 radical (unpaired) electrons. The van der Waals surface area contributed by atoms with Gasteiger partial charge in [-0.2, -0.15) is 11.8 Å². The molecule has 1 heterocycles. The van der Waals surface area contributed by atoms with Gasteiger partial charge in [0, 0.05) is 5.02 Å². The lowest BCUT2D eigenvalue weighted by atomic mass is 10.2. The Morgan fingerprint density at radius 1 is 1.33 bits per heavy atom. The molecular weight excluding hydrogens is 382 g/mol. The van der Waals surface area contributed by atoms with Crippen LogP contribution in [0.15, 0.2) is 42.5 Å². The molecule has 3 aromatic rings. The van der Waals surface area contributed by atoms with Crippen molar-refractivity contribution in [3.63, 3.8) is 0 Å². The van der Waals surface area contributed by atoms with Crippen molar-refractivity contribution >= 4 is 40.3 Å². The molecule has 5 nitrogen and oxygen atoms in total. The maximum Gasteiger partial charge on any atom is 0.258 e. The zero-order valence-corrected chi connectivity index (χ0v) is 16.9. The lowest BCUT2D eigenvalue weighted by molar-refractivity contribution is -0.123. The third-order valence-electron chi connectivity index (χ3n) is 4.18. The Kier molecular flexibility index (Phi) is 6.63. The number of para-hydroxylation sites is 2. The number of amides is 1. The molecule has 0 saturated heterocycles. The van der Waals surface area contributed by atoms with Crippen molar-refractivity contribution in [3.8, 4) is 5.75 Å². The highest BCUT2D eigenvalue weighted by Gasteiger charge is 2.18. The molecule has 0 bridgehead atoms. The average Bonchev–Trinajstić information content (AvgIpc) is 3.10. The highest BCUT2D eigenvalue weighted by Crippen LogP contribution is 2.22. The molecule has 1 unspecified atom stereocenters. The normalized spacial score (nSPS) is 12.1. The van der Waals surface area contributed by atoms with Crippen LogP contribution in [0.5, 0.6) is 5.75 Å². The number of fused-ring (bicyclic) bond motifs is 1. The van der Waals surface area contributed by atoms with E-state index in [-0.39, 0.29) is 18.6 Å². The van der Waals surface area contributed by atoms with Gasteiger partial charge >= 0.3 is 0 Å². The number of aryl methyl sites for hydroxylation is 1. The van der Waals surface area contributed by atoms with Crippen LogP contribution in [0.4, 0.5) is 0 Å². The van der Waals surface area contributed by atoms with Gasteiger partial charge in [-0.15, -0.1) is 0 Å². The van der Waals surface area contributed by atoms with Crippen molar-refractivity contribution in [2.24, 2.45) is 0 Å². The van der Waals surface area contributed by atoms with Crippen molar-refractivity contribution in [1.29, 1.82) is 0 Å². The molecule has 0 aliphatic carbocycles. The van der Waals surface area contributed by atoms with Crippen molar-refractivity contribution < 1.29 is 9.53 Å². The molecule has 2 N–H and O–H groups in total. The van der Waals surface area contributed by atoms with Gasteiger partial charge in [-0.1, -0.05) is 23.7 Å². The van der Waals surface area contributed by atoms with E-state index >= 15 is 0 Å². The van der Waals surface area contributed by atoms with Crippen LogP contribution < -0.4 is 10.1 Å². The van der Waals surface area contributed by atoms with Crippen LogP contribution >= 0.6 is 23.4 Å².